The van der Waals surface area contributed by atoms with Crippen molar-refractivity contribution in [2.75, 3.05) is 0 Å². The first kappa shape index (κ1) is 16.0. The molecule has 1 aliphatic rings. The maximum absolute atomic E-state index is 12.4. The van der Waals surface area contributed by atoms with Crippen molar-refractivity contribution < 1.29 is 4.79 Å². The number of benzene rings is 1. The van der Waals surface area contributed by atoms with E-state index in [0.29, 0.717) is 12.3 Å². The second kappa shape index (κ2) is 7.08. The molecule has 0 aromatic heterocycles. The highest BCUT2D eigenvalue weighted by Crippen LogP contribution is 2.33. The van der Waals surface area contributed by atoms with Crippen molar-refractivity contribution in [1.29, 1.82) is 0 Å². The van der Waals surface area contributed by atoms with Crippen molar-refractivity contribution in [1.82, 2.24) is 5.32 Å². The summed E-state index contributed by atoms with van der Waals surface area (Å²) < 4.78 is 0. The predicted octanol–water partition coefficient (Wildman–Crippen LogP) is 3.55. The Kier molecular flexibility index (Phi) is 5.40. The van der Waals surface area contributed by atoms with E-state index in [1.807, 2.05) is 18.2 Å². The Hall–Kier alpha value is -1.35. The molecule has 0 bridgehead atoms. The minimum absolute atomic E-state index is 0.0948. The smallest absolute Gasteiger partial charge is 0.222 e. The number of amides is 1. The van der Waals surface area contributed by atoms with Gasteiger partial charge >= 0.3 is 0 Å². The number of nitrogens with one attached hydrogen (secondary N) is 1. The summed E-state index contributed by atoms with van der Waals surface area (Å²) in [5.41, 5.74) is 7.14. The van der Waals surface area contributed by atoms with E-state index in [9.17, 15) is 4.79 Å². The molecular weight excluding hydrogens is 260 g/mol. The van der Waals surface area contributed by atoms with Crippen molar-refractivity contribution in [3.8, 4) is 0 Å². The minimum atomic E-state index is -0.251. The average molecular weight is 288 g/mol. The molecule has 0 heterocycles. The Morgan fingerprint density at radius 3 is 2.33 bits per heavy atom. The number of hydrogen-bond donors (Lipinski definition) is 2. The molecule has 1 aromatic carbocycles. The second-order valence-electron chi connectivity index (χ2n) is 6.43. The monoisotopic (exact) mass is 288 g/mol. The lowest BCUT2D eigenvalue weighted by molar-refractivity contribution is -0.124. The van der Waals surface area contributed by atoms with Crippen molar-refractivity contribution in [2.24, 2.45) is 11.7 Å². The standard InChI is InChI=1S/C18H28N2O/c1-3-14(4-2)17(15-9-6-5-7-10-15)20-16(21)13-18(19)11-8-12-18/h5-7,9-10,14,17H,3-4,8,11-13,19H2,1-2H3,(H,20,21). The van der Waals surface area contributed by atoms with E-state index in [4.69, 9.17) is 5.73 Å². The van der Waals surface area contributed by atoms with Gasteiger partial charge in [0.1, 0.15) is 0 Å². The van der Waals surface area contributed by atoms with Crippen LogP contribution in [0.2, 0.25) is 0 Å². The van der Waals surface area contributed by atoms with Gasteiger partial charge in [-0.15, -0.1) is 0 Å². The fourth-order valence-electron chi connectivity index (χ4n) is 3.25. The lowest BCUT2D eigenvalue weighted by Crippen LogP contribution is -2.50. The quantitative estimate of drug-likeness (QED) is 0.806. The lowest BCUT2D eigenvalue weighted by atomic mass is 9.75. The van der Waals surface area contributed by atoms with Gasteiger partial charge in [0, 0.05) is 12.0 Å². The van der Waals surface area contributed by atoms with Gasteiger partial charge in [-0.1, -0.05) is 57.0 Å². The summed E-state index contributed by atoms with van der Waals surface area (Å²) in [6.07, 6.45) is 5.67. The van der Waals surface area contributed by atoms with Crippen LogP contribution in [0.15, 0.2) is 30.3 Å². The van der Waals surface area contributed by atoms with E-state index in [1.54, 1.807) is 0 Å². The summed E-state index contributed by atoms with van der Waals surface area (Å²) in [4.78, 5) is 12.4. The summed E-state index contributed by atoms with van der Waals surface area (Å²) in [6.45, 7) is 4.37. The molecule has 21 heavy (non-hydrogen) atoms. The van der Waals surface area contributed by atoms with Gasteiger partial charge in [0.25, 0.3) is 0 Å². The molecular formula is C18H28N2O. The van der Waals surface area contributed by atoms with Gasteiger partial charge in [0.05, 0.1) is 6.04 Å². The number of rotatable bonds is 7. The van der Waals surface area contributed by atoms with E-state index in [-0.39, 0.29) is 17.5 Å². The molecule has 1 aromatic rings. The van der Waals surface area contributed by atoms with E-state index >= 15 is 0 Å². The van der Waals surface area contributed by atoms with Crippen molar-refractivity contribution in [3.63, 3.8) is 0 Å². The van der Waals surface area contributed by atoms with E-state index in [0.717, 1.165) is 32.1 Å². The zero-order valence-corrected chi connectivity index (χ0v) is 13.3. The molecule has 0 radical (unpaired) electrons. The average Bonchev–Trinajstić information content (AvgIpc) is 2.46. The van der Waals surface area contributed by atoms with Crippen molar-refractivity contribution in [2.45, 2.75) is 64.0 Å². The first-order chi connectivity index (χ1) is 10.1. The van der Waals surface area contributed by atoms with Gasteiger partial charge in [0.2, 0.25) is 5.91 Å². The number of carbonyl (C=O) groups excluding carboxylic acids is 1. The highest BCUT2D eigenvalue weighted by molar-refractivity contribution is 5.78. The second-order valence-corrected chi connectivity index (χ2v) is 6.43. The molecule has 2 rings (SSSR count). The normalized spacial score (nSPS) is 18.1. The fourth-order valence-corrected chi connectivity index (χ4v) is 3.25. The third kappa shape index (κ3) is 4.07. The van der Waals surface area contributed by atoms with Crippen molar-refractivity contribution in [3.05, 3.63) is 35.9 Å². The van der Waals surface area contributed by atoms with Crippen LogP contribution in [-0.4, -0.2) is 11.4 Å². The highest BCUT2D eigenvalue weighted by Gasteiger charge is 2.35. The molecule has 0 saturated heterocycles. The molecule has 3 nitrogen and oxygen atoms in total. The Morgan fingerprint density at radius 1 is 1.24 bits per heavy atom. The molecule has 1 saturated carbocycles. The van der Waals surface area contributed by atoms with Crippen LogP contribution in [0.5, 0.6) is 0 Å². The van der Waals surface area contributed by atoms with Gasteiger partial charge in [-0.25, -0.2) is 0 Å². The topological polar surface area (TPSA) is 55.1 Å². The van der Waals surface area contributed by atoms with Crippen LogP contribution in [0.4, 0.5) is 0 Å². The van der Waals surface area contributed by atoms with Crippen LogP contribution in [0.1, 0.15) is 64.0 Å². The molecule has 0 spiro atoms. The molecule has 0 aliphatic heterocycles. The molecule has 3 heteroatoms. The van der Waals surface area contributed by atoms with Crippen LogP contribution < -0.4 is 11.1 Å². The first-order valence-corrected chi connectivity index (χ1v) is 8.21. The maximum Gasteiger partial charge on any atom is 0.222 e. The van der Waals surface area contributed by atoms with Crippen LogP contribution in [-0.2, 0) is 4.79 Å². The number of carbonyl (C=O) groups is 1. The Labute approximate surface area is 128 Å². The van der Waals surface area contributed by atoms with Crippen LogP contribution in [0, 0.1) is 5.92 Å². The van der Waals surface area contributed by atoms with Gasteiger partial charge in [-0.05, 0) is 30.7 Å². The summed E-state index contributed by atoms with van der Waals surface area (Å²) in [5, 5.41) is 3.24. The number of nitrogens with two attached hydrogens (primary N) is 1. The van der Waals surface area contributed by atoms with Gasteiger partial charge in [-0.3, -0.25) is 4.79 Å². The van der Waals surface area contributed by atoms with Crippen molar-refractivity contribution >= 4 is 5.91 Å². The molecule has 1 fully saturated rings. The van der Waals surface area contributed by atoms with Crippen LogP contribution >= 0.6 is 0 Å². The highest BCUT2D eigenvalue weighted by atomic mass is 16.1. The summed E-state index contributed by atoms with van der Waals surface area (Å²) in [5.74, 6) is 0.560. The third-order valence-corrected chi connectivity index (χ3v) is 4.86. The molecule has 1 aliphatic carbocycles. The number of hydrogen-bond acceptors (Lipinski definition) is 2. The molecule has 1 unspecified atom stereocenters. The summed E-state index contributed by atoms with van der Waals surface area (Å²) in [6, 6.07) is 10.4. The first-order valence-electron chi connectivity index (χ1n) is 8.21. The Bertz CT molecular complexity index is 450. The van der Waals surface area contributed by atoms with E-state index in [1.165, 1.54) is 5.56 Å². The maximum atomic E-state index is 12.4. The molecule has 3 N–H and O–H groups in total. The zero-order valence-electron chi connectivity index (χ0n) is 13.3. The van der Waals surface area contributed by atoms with Gasteiger partial charge < -0.3 is 11.1 Å². The van der Waals surface area contributed by atoms with Gasteiger partial charge in [0.15, 0.2) is 0 Å². The Morgan fingerprint density at radius 2 is 1.86 bits per heavy atom. The van der Waals surface area contributed by atoms with Crippen LogP contribution in [0.3, 0.4) is 0 Å². The van der Waals surface area contributed by atoms with Gasteiger partial charge in [-0.2, -0.15) is 0 Å². The van der Waals surface area contributed by atoms with E-state index < -0.39 is 0 Å². The lowest BCUT2D eigenvalue weighted by Gasteiger charge is -2.38. The third-order valence-electron chi connectivity index (χ3n) is 4.86. The van der Waals surface area contributed by atoms with E-state index in [2.05, 4.69) is 31.3 Å². The predicted molar refractivity (Wildman–Crippen MR) is 86.8 cm³/mol. The zero-order chi connectivity index (χ0) is 15.3. The minimum Gasteiger partial charge on any atom is -0.349 e. The molecule has 1 atom stereocenters. The van der Waals surface area contributed by atoms with Crippen LogP contribution in [0.25, 0.3) is 0 Å². The largest absolute Gasteiger partial charge is 0.349 e. The Balaban J connectivity index is 2.06. The summed E-state index contributed by atoms with van der Waals surface area (Å²) >= 11 is 0. The molecule has 1 amide bonds. The fraction of sp³-hybridized carbons (Fsp3) is 0.611. The molecule has 116 valence electrons. The summed E-state index contributed by atoms with van der Waals surface area (Å²) in [7, 11) is 0. The SMILES string of the molecule is CCC(CC)C(NC(=O)CC1(N)CCC1)c1ccccc1.